The molecule has 1 N–H and O–H groups in total. The number of fused-ring (bicyclic) bond motifs is 1. The number of alkyl halides is 1. The fourth-order valence-corrected chi connectivity index (χ4v) is 2.05. The van der Waals surface area contributed by atoms with Crippen LogP contribution >= 0.6 is 15.9 Å². The van der Waals surface area contributed by atoms with Gasteiger partial charge in [-0.2, -0.15) is 0 Å². The van der Waals surface area contributed by atoms with Gasteiger partial charge in [0.15, 0.2) is 0 Å². The highest BCUT2D eigenvalue weighted by Crippen LogP contribution is 2.21. The second kappa shape index (κ2) is 6.01. The van der Waals surface area contributed by atoms with Gasteiger partial charge in [0.2, 0.25) is 0 Å². The van der Waals surface area contributed by atoms with Crippen LogP contribution in [0.3, 0.4) is 0 Å². The summed E-state index contributed by atoms with van der Waals surface area (Å²) in [5.74, 6) is 0. The molecule has 1 atom stereocenters. The zero-order valence-corrected chi connectivity index (χ0v) is 11.6. The van der Waals surface area contributed by atoms with E-state index in [0.29, 0.717) is 4.83 Å². The number of anilines is 1. The largest absolute Gasteiger partial charge is 0.384 e. The molecule has 0 aliphatic carbocycles. The molecule has 0 saturated carbocycles. The molecule has 1 aromatic heterocycles. The SMILES string of the molecule is CCC(Br)CCNc1ccnc2ccccc12. The van der Waals surface area contributed by atoms with Gasteiger partial charge in [0.05, 0.1) is 5.52 Å². The van der Waals surface area contributed by atoms with E-state index in [0.717, 1.165) is 18.5 Å². The third-order valence-corrected chi connectivity index (χ3v) is 3.97. The molecule has 0 bridgehead atoms. The number of halogens is 1. The lowest BCUT2D eigenvalue weighted by Crippen LogP contribution is -2.08. The van der Waals surface area contributed by atoms with Crippen LogP contribution in [-0.2, 0) is 0 Å². The molecule has 0 amide bonds. The monoisotopic (exact) mass is 292 g/mol. The summed E-state index contributed by atoms with van der Waals surface area (Å²) in [5, 5.41) is 4.68. The Labute approximate surface area is 111 Å². The van der Waals surface area contributed by atoms with Gasteiger partial charge >= 0.3 is 0 Å². The van der Waals surface area contributed by atoms with Crippen molar-refractivity contribution >= 4 is 32.5 Å². The van der Waals surface area contributed by atoms with E-state index in [4.69, 9.17) is 0 Å². The Morgan fingerprint density at radius 3 is 2.94 bits per heavy atom. The van der Waals surface area contributed by atoms with Crippen molar-refractivity contribution in [3.8, 4) is 0 Å². The van der Waals surface area contributed by atoms with Crippen LogP contribution in [0.1, 0.15) is 19.8 Å². The topological polar surface area (TPSA) is 24.9 Å². The third-order valence-electron chi connectivity index (χ3n) is 2.87. The molecule has 0 fully saturated rings. The minimum atomic E-state index is 0.600. The van der Waals surface area contributed by atoms with E-state index in [-0.39, 0.29) is 0 Å². The summed E-state index contributed by atoms with van der Waals surface area (Å²) < 4.78 is 0. The number of nitrogens with zero attached hydrogens (tertiary/aromatic N) is 1. The molecule has 2 aromatic rings. The minimum Gasteiger partial charge on any atom is -0.384 e. The van der Waals surface area contributed by atoms with Crippen LogP contribution in [0.5, 0.6) is 0 Å². The van der Waals surface area contributed by atoms with E-state index in [2.05, 4.69) is 45.3 Å². The summed E-state index contributed by atoms with van der Waals surface area (Å²) in [6.07, 6.45) is 4.15. The van der Waals surface area contributed by atoms with Gasteiger partial charge in [-0.3, -0.25) is 4.98 Å². The maximum absolute atomic E-state index is 4.35. The van der Waals surface area contributed by atoms with Crippen LogP contribution in [0.25, 0.3) is 10.9 Å². The lowest BCUT2D eigenvalue weighted by atomic mass is 10.2. The van der Waals surface area contributed by atoms with Crippen LogP contribution in [0.15, 0.2) is 36.5 Å². The number of aromatic nitrogens is 1. The summed E-state index contributed by atoms with van der Waals surface area (Å²) >= 11 is 3.65. The van der Waals surface area contributed by atoms with Gasteiger partial charge in [0, 0.05) is 28.6 Å². The number of benzene rings is 1. The number of pyridine rings is 1. The molecule has 1 heterocycles. The van der Waals surface area contributed by atoms with Gasteiger partial charge in [0.25, 0.3) is 0 Å². The molecule has 3 heteroatoms. The lowest BCUT2D eigenvalue weighted by Gasteiger charge is -2.11. The average molecular weight is 293 g/mol. The van der Waals surface area contributed by atoms with Crippen molar-refractivity contribution in [1.29, 1.82) is 0 Å². The van der Waals surface area contributed by atoms with Crippen molar-refractivity contribution in [2.24, 2.45) is 0 Å². The van der Waals surface area contributed by atoms with Crippen LogP contribution < -0.4 is 5.32 Å². The molecule has 1 aromatic carbocycles. The summed E-state index contributed by atoms with van der Waals surface area (Å²) in [6, 6.07) is 10.3. The Hall–Kier alpha value is -1.09. The van der Waals surface area contributed by atoms with Gasteiger partial charge < -0.3 is 5.32 Å². The smallest absolute Gasteiger partial charge is 0.0722 e. The molecular weight excluding hydrogens is 276 g/mol. The second-order valence-electron chi connectivity index (χ2n) is 4.10. The van der Waals surface area contributed by atoms with Crippen LogP contribution in [-0.4, -0.2) is 16.4 Å². The molecular formula is C14H17BrN2. The van der Waals surface area contributed by atoms with Crippen molar-refractivity contribution < 1.29 is 0 Å². The van der Waals surface area contributed by atoms with E-state index in [1.165, 1.54) is 17.5 Å². The van der Waals surface area contributed by atoms with E-state index >= 15 is 0 Å². The standard InChI is InChI=1S/C14H17BrN2/c1-2-11(15)7-9-16-14-8-10-17-13-6-4-3-5-12(13)14/h3-6,8,10-11H,2,7,9H2,1H3,(H,16,17). The highest BCUT2D eigenvalue weighted by Gasteiger charge is 2.02. The molecule has 17 heavy (non-hydrogen) atoms. The molecule has 2 nitrogen and oxygen atoms in total. The first-order valence-electron chi connectivity index (χ1n) is 6.03. The maximum Gasteiger partial charge on any atom is 0.0722 e. The first-order valence-corrected chi connectivity index (χ1v) is 6.94. The van der Waals surface area contributed by atoms with Gasteiger partial charge in [0.1, 0.15) is 0 Å². The summed E-state index contributed by atoms with van der Waals surface area (Å²) in [7, 11) is 0. The van der Waals surface area contributed by atoms with E-state index < -0.39 is 0 Å². The van der Waals surface area contributed by atoms with Crippen molar-refractivity contribution in [1.82, 2.24) is 4.98 Å². The highest BCUT2D eigenvalue weighted by atomic mass is 79.9. The molecule has 2 rings (SSSR count). The zero-order chi connectivity index (χ0) is 12.1. The van der Waals surface area contributed by atoms with Gasteiger partial charge in [-0.15, -0.1) is 0 Å². The first-order chi connectivity index (χ1) is 8.31. The lowest BCUT2D eigenvalue weighted by molar-refractivity contribution is 0.775. The second-order valence-corrected chi connectivity index (χ2v) is 5.39. The fraction of sp³-hybridized carbons (Fsp3) is 0.357. The number of hydrogen-bond donors (Lipinski definition) is 1. The highest BCUT2D eigenvalue weighted by molar-refractivity contribution is 9.09. The molecule has 0 aliphatic heterocycles. The van der Waals surface area contributed by atoms with Crippen LogP contribution in [0.2, 0.25) is 0 Å². The van der Waals surface area contributed by atoms with E-state index in [1.54, 1.807) is 0 Å². The van der Waals surface area contributed by atoms with Crippen LogP contribution in [0, 0.1) is 0 Å². The number of nitrogens with one attached hydrogen (secondary N) is 1. The Morgan fingerprint density at radius 2 is 2.12 bits per heavy atom. The van der Waals surface area contributed by atoms with Crippen LogP contribution in [0.4, 0.5) is 5.69 Å². The maximum atomic E-state index is 4.35. The van der Waals surface area contributed by atoms with Crippen molar-refractivity contribution in [2.75, 3.05) is 11.9 Å². The van der Waals surface area contributed by atoms with Gasteiger partial charge in [-0.25, -0.2) is 0 Å². The Morgan fingerprint density at radius 1 is 1.29 bits per heavy atom. The average Bonchev–Trinajstić information content (AvgIpc) is 2.39. The molecule has 0 aliphatic rings. The predicted octanol–water partition coefficient (Wildman–Crippen LogP) is 4.21. The summed E-state index contributed by atoms with van der Waals surface area (Å²) in [6.45, 7) is 3.18. The van der Waals surface area contributed by atoms with Crippen molar-refractivity contribution in [3.63, 3.8) is 0 Å². The van der Waals surface area contributed by atoms with E-state index in [9.17, 15) is 0 Å². The molecule has 1 unspecified atom stereocenters. The first kappa shape index (κ1) is 12.4. The molecule has 90 valence electrons. The normalized spacial score (nSPS) is 12.6. The fourth-order valence-electron chi connectivity index (χ4n) is 1.82. The molecule has 0 spiro atoms. The summed E-state index contributed by atoms with van der Waals surface area (Å²) in [5.41, 5.74) is 2.22. The van der Waals surface area contributed by atoms with Gasteiger partial charge in [-0.1, -0.05) is 41.1 Å². The minimum absolute atomic E-state index is 0.600. The Balaban J connectivity index is 2.08. The number of hydrogen-bond acceptors (Lipinski definition) is 2. The van der Waals surface area contributed by atoms with Crippen molar-refractivity contribution in [3.05, 3.63) is 36.5 Å². The quantitative estimate of drug-likeness (QED) is 0.835. The Kier molecular flexibility index (Phi) is 4.37. The Bertz CT molecular complexity index is 479. The summed E-state index contributed by atoms with van der Waals surface area (Å²) in [4.78, 5) is 4.95. The molecule has 0 saturated heterocycles. The third kappa shape index (κ3) is 3.19. The predicted molar refractivity (Wildman–Crippen MR) is 77.9 cm³/mol. The zero-order valence-electron chi connectivity index (χ0n) is 9.99. The molecule has 0 radical (unpaired) electrons. The van der Waals surface area contributed by atoms with Crippen molar-refractivity contribution in [2.45, 2.75) is 24.6 Å². The van der Waals surface area contributed by atoms with Gasteiger partial charge in [-0.05, 0) is 25.0 Å². The number of rotatable bonds is 5. The number of para-hydroxylation sites is 1. The van der Waals surface area contributed by atoms with E-state index in [1.807, 2.05) is 24.4 Å².